The van der Waals surface area contributed by atoms with Gasteiger partial charge in [-0.1, -0.05) is 6.08 Å². The summed E-state index contributed by atoms with van der Waals surface area (Å²) in [6.45, 7) is 9.38. The molecule has 0 aromatic carbocycles. The van der Waals surface area contributed by atoms with E-state index in [1.807, 2.05) is 20.0 Å². The molecule has 0 bridgehead atoms. The van der Waals surface area contributed by atoms with Gasteiger partial charge in [0.25, 0.3) is 0 Å². The summed E-state index contributed by atoms with van der Waals surface area (Å²) in [4.78, 5) is 6.58. The highest BCUT2D eigenvalue weighted by atomic mass is 127. The first-order chi connectivity index (χ1) is 10.0. The van der Waals surface area contributed by atoms with Crippen LogP contribution in [0.3, 0.4) is 0 Å². The Hall–Kier alpha value is -1.02. The van der Waals surface area contributed by atoms with Gasteiger partial charge in [-0.05, 0) is 38.8 Å². The molecule has 22 heavy (non-hydrogen) atoms. The molecule has 6 heteroatoms. The van der Waals surface area contributed by atoms with Crippen LogP contribution in [0.4, 0.5) is 0 Å². The van der Waals surface area contributed by atoms with Crippen molar-refractivity contribution in [2.75, 3.05) is 26.7 Å². The van der Waals surface area contributed by atoms with Gasteiger partial charge in [0.05, 0.1) is 12.8 Å². The molecule has 1 atom stereocenters. The second kappa shape index (κ2) is 10.7. The molecule has 0 aliphatic heterocycles. The molecule has 0 aliphatic rings. The third-order valence-electron chi connectivity index (χ3n) is 3.19. The Kier molecular flexibility index (Phi) is 10.2. The highest BCUT2D eigenvalue weighted by Crippen LogP contribution is 2.21. The molecule has 0 spiro atoms. The Morgan fingerprint density at radius 2 is 2.32 bits per heavy atom. The summed E-state index contributed by atoms with van der Waals surface area (Å²) in [6, 6.07) is 3.52. The fourth-order valence-electron chi connectivity index (χ4n) is 1.94. The van der Waals surface area contributed by atoms with Crippen LogP contribution in [0.15, 0.2) is 40.5 Å². The Balaban J connectivity index is 0.00000441. The van der Waals surface area contributed by atoms with E-state index in [1.165, 1.54) is 0 Å². The molecule has 0 saturated heterocycles. The molecule has 0 aliphatic carbocycles. The number of nitrogens with zero attached hydrogens (tertiary/aromatic N) is 2. The minimum Gasteiger partial charge on any atom is -0.466 e. The number of aliphatic hydroxyl groups is 1. The smallest absolute Gasteiger partial charge is 0.193 e. The van der Waals surface area contributed by atoms with E-state index in [1.54, 1.807) is 25.3 Å². The average molecular weight is 421 g/mol. The predicted molar refractivity (Wildman–Crippen MR) is 102 cm³/mol. The summed E-state index contributed by atoms with van der Waals surface area (Å²) >= 11 is 0. The Labute approximate surface area is 150 Å². The lowest BCUT2D eigenvalue weighted by Gasteiger charge is -2.24. The minimum atomic E-state index is -1.11. The number of unbranched alkanes of at least 4 members (excludes halogenated alkanes) is 1. The van der Waals surface area contributed by atoms with Crippen LogP contribution in [0, 0.1) is 0 Å². The summed E-state index contributed by atoms with van der Waals surface area (Å²) in [5, 5.41) is 13.7. The molecule has 1 unspecified atom stereocenters. The highest BCUT2D eigenvalue weighted by Gasteiger charge is 2.26. The van der Waals surface area contributed by atoms with E-state index in [-0.39, 0.29) is 30.5 Å². The fourth-order valence-corrected chi connectivity index (χ4v) is 1.94. The summed E-state index contributed by atoms with van der Waals surface area (Å²) < 4.78 is 5.27. The largest absolute Gasteiger partial charge is 0.466 e. The highest BCUT2D eigenvalue weighted by molar-refractivity contribution is 14.0. The van der Waals surface area contributed by atoms with Crippen LogP contribution in [-0.4, -0.2) is 42.6 Å². The van der Waals surface area contributed by atoms with Crippen LogP contribution in [0.25, 0.3) is 0 Å². The third-order valence-corrected chi connectivity index (χ3v) is 3.19. The van der Waals surface area contributed by atoms with E-state index in [0.29, 0.717) is 5.76 Å². The lowest BCUT2D eigenvalue weighted by atomic mass is 10.0. The number of aliphatic imine (C=N–C) groups is 1. The zero-order chi connectivity index (χ0) is 15.7. The molecule has 5 nitrogen and oxygen atoms in total. The molecule has 0 radical (unpaired) electrons. The molecule has 1 rings (SSSR count). The SMILES string of the molecule is C=CCCCN(C)C(=NCC(C)(O)c1ccco1)NCC.I. The van der Waals surface area contributed by atoms with Crippen LogP contribution < -0.4 is 5.32 Å². The molecule has 1 aromatic rings. The van der Waals surface area contributed by atoms with Crippen molar-refractivity contribution in [3.05, 3.63) is 36.8 Å². The molecule has 1 heterocycles. The number of guanidine groups is 1. The van der Waals surface area contributed by atoms with E-state index in [4.69, 9.17) is 4.42 Å². The van der Waals surface area contributed by atoms with E-state index in [9.17, 15) is 5.11 Å². The summed E-state index contributed by atoms with van der Waals surface area (Å²) in [5.41, 5.74) is -1.11. The maximum absolute atomic E-state index is 10.4. The molecule has 2 N–H and O–H groups in total. The lowest BCUT2D eigenvalue weighted by Crippen LogP contribution is -2.40. The van der Waals surface area contributed by atoms with Gasteiger partial charge in [-0.2, -0.15) is 0 Å². The van der Waals surface area contributed by atoms with Crippen LogP contribution in [0.1, 0.15) is 32.4 Å². The number of hydrogen-bond acceptors (Lipinski definition) is 3. The molecule has 0 fully saturated rings. The molecular formula is C16H28IN3O2. The summed E-state index contributed by atoms with van der Waals surface area (Å²) in [5.74, 6) is 1.31. The first kappa shape index (κ1) is 21.0. The Morgan fingerprint density at radius 3 is 2.86 bits per heavy atom. The molecule has 0 amide bonds. The Bertz CT molecular complexity index is 444. The fraction of sp³-hybridized carbons (Fsp3) is 0.562. The topological polar surface area (TPSA) is 61.0 Å². The van der Waals surface area contributed by atoms with Crippen molar-refractivity contribution in [3.63, 3.8) is 0 Å². The van der Waals surface area contributed by atoms with Crippen molar-refractivity contribution >= 4 is 29.9 Å². The summed E-state index contributed by atoms with van der Waals surface area (Å²) in [6.07, 6.45) is 5.48. The van der Waals surface area contributed by atoms with E-state index < -0.39 is 5.60 Å². The van der Waals surface area contributed by atoms with E-state index >= 15 is 0 Å². The van der Waals surface area contributed by atoms with Gasteiger partial charge >= 0.3 is 0 Å². The first-order valence-electron chi connectivity index (χ1n) is 7.38. The number of allylic oxidation sites excluding steroid dienone is 1. The van der Waals surface area contributed by atoms with Gasteiger partial charge in [0.15, 0.2) is 5.96 Å². The zero-order valence-electron chi connectivity index (χ0n) is 13.7. The van der Waals surface area contributed by atoms with Crippen molar-refractivity contribution < 1.29 is 9.52 Å². The third kappa shape index (κ3) is 6.83. The van der Waals surface area contributed by atoms with Crippen molar-refractivity contribution in [3.8, 4) is 0 Å². The lowest BCUT2D eigenvalue weighted by molar-refractivity contribution is 0.0435. The maximum atomic E-state index is 10.4. The van der Waals surface area contributed by atoms with E-state index in [0.717, 1.165) is 31.9 Å². The van der Waals surface area contributed by atoms with Gasteiger partial charge in [0.1, 0.15) is 11.4 Å². The predicted octanol–water partition coefficient (Wildman–Crippen LogP) is 2.97. The van der Waals surface area contributed by atoms with Crippen molar-refractivity contribution in [2.45, 2.75) is 32.3 Å². The molecular weight excluding hydrogens is 393 g/mol. The second-order valence-electron chi connectivity index (χ2n) is 5.27. The number of hydrogen-bond donors (Lipinski definition) is 2. The van der Waals surface area contributed by atoms with Gasteiger partial charge < -0.3 is 19.7 Å². The average Bonchev–Trinajstić information content (AvgIpc) is 2.98. The minimum absolute atomic E-state index is 0. The normalized spacial score (nSPS) is 13.9. The molecule has 0 saturated carbocycles. The zero-order valence-corrected chi connectivity index (χ0v) is 16.0. The number of halogens is 1. The van der Waals surface area contributed by atoms with Crippen LogP contribution >= 0.6 is 24.0 Å². The van der Waals surface area contributed by atoms with Gasteiger partial charge in [-0.3, -0.25) is 0 Å². The van der Waals surface area contributed by atoms with Gasteiger partial charge in [0.2, 0.25) is 0 Å². The van der Waals surface area contributed by atoms with Gasteiger partial charge in [-0.25, -0.2) is 4.99 Å². The molecule has 126 valence electrons. The van der Waals surface area contributed by atoms with Crippen molar-refractivity contribution in [2.24, 2.45) is 4.99 Å². The summed E-state index contributed by atoms with van der Waals surface area (Å²) in [7, 11) is 1.99. The standard InChI is InChI=1S/C16H27N3O2.HI/c1-5-7-8-11-19(4)15(17-6-2)18-13-16(3,20)14-10-9-12-21-14;/h5,9-10,12,20H,1,6-8,11,13H2,2-4H3,(H,17,18);1H. The maximum Gasteiger partial charge on any atom is 0.193 e. The van der Waals surface area contributed by atoms with Crippen LogP contribution in [-0.2, 0) is 5.60 Å². The van der Waals surface area contributed by atoms with Gasteiger partial charge in [-0.15, -0.1) is 30.6 Å². The number of nitrogens with one attached hydrogen (secondary N) is 1. The molecule has 1 aromatic heterocycles. The monoisotopic (exact) mass is 421 g/mol. The van der Waals surface area contributed by atoms with Gasteiger partial charge in [0, 0.05) is 20.1 Å². The number of rotatable bonds is 8. The Morgan fingerprint density at radius 1 is 1.59 bits per heavy atom. The number of furan rings is 1. The van der Waals surface area contributed by atoms with Crippen molar-refractivity contribution in [1.29, 1.82) is 0 Å². The second-order valence-corrected chi connectivity index (χ2v) is 5.27. The van der Waals surface area contributed by atoms with Crippen molar-refractivity contribution in [1.82, 2.24) is 10.2 Å². The van der Waals surface area contributed by atoms with Crippen LogP contribution in [0.2, 0.25) is 0 Å². The quantitative estimate of drug-likeness (QED) is 0.223. The van der Waals surface area contributed by atoms with Crippen LogP contribution in [0.5, 0.6) is 0 Å². The van der Waals surface area contributed by atoms with E-state index in [2.05, 4.69) is 21.8 Å². The first-order valence-corrected chi connectivity index (χ1v) is 7.38.